The van der Waals surface area contributed by atoms with E-state index in [2.05, 4.69) is 0 Å². The molecule has 0 radical (unpaired) electrons. The van der Waals surface area contributed by atoms with Crippen molar-refractivity contribution in [2.45, 2.75) is 16.3 Å². The predicted molar refractivity (Wildman–Crippen MR) is 42.2 cm³/mol. The van der Waals surface area contributed by atoms with Gasteiger partial charge in [-0.15, -0.1) is 0 Å². The third-order valence-corrected chi connectivity index (χ3v) is 2.87. The van der Waals surface area contributed by atoms with Gasteiger partial charge >= 0.3 is 5.25 Å². The molecule has 1 atom stereocenters. The van der Waals surface area contributed by atoms with Gasteiger partial charge in [-0.1, -0.05) is 18.2 Å². The molecule has 1 aromatic carbocycles. The van der Waals surface area contributed by atoms with Gasteiger partial charge in [0.15, 0.2) is 6.10 Å². The van der Waals surface area contributed by atoms with Crippen LogP contribution in [0.1, 0.15) is 11.7 Å². The highest BCUT2D eigenvalue weighted by atomic mass is 32.2. The maximum Gasteiger partial charge on any atom is 0.327 e. The van der Waals surface area contributed by atoms with Gasteiger partial charge in [-0.2, -0.15) is 8.78 Å². The van der Waals surface area contributed by atoms with Crippen LogP contribution < -0.4 is 0 Å². The number of hydrogen-bond donors (Lipinski definition) is 1. The Bertz CT molecular complexity index is 314. The Morgan fingerprint density at radius 1 is 1.33 bits per heavy atom. The van der Waals surface area contributed by atoms with E-state index < -0.39 is 11.4 Å². The minimum Gasteiger partial charge on any atom is -0.381 e. The average molecular weight is 188 g/mol. The number of halogens is 2. The molecule has 1 aliphatic heterocycles. The average Bonchev–Trinajstić information content (AvgIpc) is 2.24. The number of alkyl halides is 2. The number of hydrogen-bond acceptors (Lipinski definition) is 2. The van der Waals surface area contributed by atoms with Crippen LogP contribution in [0.2, 0.25) is 0 Å². The summed E-state index contributed by atoms with van der Waals surface area (Å²) in [5, 5.41) is 6.07. The SMILES string of the molecule is OC1c2ccccc2SC1(F)F. The van der Waals surface area contributed by atoms with E-state index in [1.165, 1.54) is 6.07 Å². The fourth-order valence-corrected chi connectivity index (χ4v) is 2.16. The lowest BCUT2D eigenvalue weighted by atomic mass is 10.1. The molecule has 1 nitrogen and oxygen atoms in total. The monoisotopic (exact) mass is 188 g/mol. The first-order chi connectivity index (χ1) is 5.61. The molecular weight excluding hydrogens is 182 g/mol. The van der Waals surface area contributed by atoms with Gasteiger partial charge in [-0.05, 0) is 17.8 Å². The molecule has 1 aromatic rings. The summed E-state index contributed by atoms with van der Waals surface area (Å²) in [6.45, 7) is 0. The second-order valence-corrected chi connectivity index (χ2v) is 3.79. The molecule has 0 fully saturated rings. The molecule has 64 valence electrons. The molecule has 0 amide bonds. The number of rotatable bonds is 0. The second-order valence-electron chi connectivity index (χ2n) is 2.60. The highest BCUT2D eigenvalue weighted by Crippen LogP contribution is 2.53. The molecule has 0 spiro atoms. The normalized spacial score (nSPS) is 25.4. The smallest absolute Gasteiger partial charge is 0.327 e. The molecule has 0 aliphatic carbocycles. The molecule has 1 heterocycles. The third-order valence-electron chi connectivity index (χ3n) is 1.78. The molecule has 0 aromatic heterocycles. The Hall–Kier alpha value is -0.610. The van der Waals surface area contributed by atoms with E-state index in [9.17, 15) is 8.78 Å². The van der Waals surface area contributed by atoms with Crippen molar-refractivity contribution in [3.8, 4) is 0 Å². The summed E-state index contributed by atoms with van der Waals surface area (Å²) in [5.41, 5.74) is 0.326. The van der Waals surface area contributed by atoms with E-state index in [1.807, 2.05) is 0 Å². The van der Waals surface area contributed by atoms with Crippen molar-refractivity contribution < 1.29 is 13.9 Å². The molecule has 0 bridgehead atoms. The number of fused-ring (bicyclic) bond motifs is 1. The van der Waals surface area contributed by atoms with Gasteiger partial charge in [0.25, 0.3) is 0 Å². The number of thioether (sulfide) groups is 1. The largest absolute Gasteiger partial charge is 0.381 e. The van der Waals surface area contributed by atoms with Gasteiger partial charge in [0, 0.05) is 10.5 Å². The van der Waals surface area contributed by atoms with Gasteiger partial charge in [-0.25, -0.2) is 0 Å². The molecule has 12 heavy (non-hydrogen) atoms. The lowest BCUT2D eigenvalue weighted by Gasteiger charge is -2.11. The minimum atomic E-state index is -3.07. The first-order valence-electron chi connectivity index (χ1n) is 3.45. The van der Waals surface area contributed by atoms with E-state index in [1.54, 1.807) is 18.2 Å². The van der Waals surface area contributed by atoms with E-state index in [4.69, 9.17) is 5.11 Å². The predicted octanol–water partition coefficient (Wildman–Crippen LogP) is 2.42. The Balaban J connectivity index is 2.49. The Morgan fingerprint density at radius 3 is 2.67 bits per heavy atom. The van der Waals surface area contributed by atoms with Crippen LogP contribution in [-0.2, 0) is 0 Å². The highest BCUT2D eigenvalue weighted by molar-refractivity contribution is 8.00. The zero-order chi connectivity index (χ0) is 8.77. The maximum absolute atomic E-state index is 12.8. The van der Waals surface area contributed by atoms with Crippen molar-refractivity contribution in [3.63, 3.8) is 0 Å². The first-order valence-corrected chi connectivity index (χ1v) is 4.27. The Morgan fingerprint density at radius 2 is 2.00 bits per heavy atom. The van der Waals surface area contributed by atoms with Crippen molar-refractivity contribution in [3.05, 3.63) is 29.8 Å². The van der Waals surface area contributed by atoms with Crippen molar-refractivity contribution in [2.75, 3.05) is 0 Å². The van der Waals surface area contributed by atoms with Crippen LogP contribution in [0.5, 0.6) is 0 Å². The number of aliphatic hydroxyl groups excluding tert-OH is 1. The third kappa shape index (κ3) is 1.03. The second kappa shape index (κ2) is 2.44. The van der Waals surface area contributed by atoms with Crippen LogP contribution in [0.25, 0.3) is 0 Å². The van der Waals surface area contributed by atoms with Gasteiger partial charge in [0.2, 0.25) is 0 Å². The quantitative estimate of drug-likeness (QED) is 0.674. The minimum absolute atomic E-state index is 0.326. The Labute approximate surface area is 72.4 Å². The van der Waals surface area contributed by atoms with E-state index in [-0.39, 0.29) is 0 Å². The summed E-state index contributed by atoms with van der Waals surface area (Å²) in [6.07, 6.45) is -1.65. The van der Waals surface area contributed by atoms with Gasteiger partial charge in [0.05, 0.1) is 0 Å². The first kappa shape index (κ1) is 8.01. The summed E-state index contributed by atoms with van der Waals surface area (Å²) in [6, 6.07) is 6.43. The summed E-state index contributed by atoms with van der Waals surface area (Å²) in [5.74, 6) is 0. The number of aliphatic hydroxyl groups is 1. The molecule has 1 N–H and O–H groups in total. The molecule has 0 saturated carbocycles. The van der Waals surface area contributed by atoms with Crippen LogP contribution in [0.3, 0.4) is 0 Å². The Kier molecular flexibility index (Phi) is 1.63. The van der Waals surface area contributed by atoms with E-state index >= 15 is 0 Å². The zero-order valence-electron chi connectivity index (χ0n) is 6.00. The molecule has 0 saturated heterocycles. The fraction of sp³-hybridized carbons (Fsp3) is 0.250. The molecule has 1 unspecified atom stereocenters. The van der Waals surface area contributed by atoms with Crippen molar-refractivity contribution in [1.29, 1.82) is 0 Å². The fourth-order valence-electron chi connectivity index (χ4n) is 1.18. The van der Waals surface area contributed by atoms with Crippen LogP contribution >= 0.6 is 11.8 Å². The van der Waals surface area contributed by atoms with E-state index in [0.717, 1.165) is 0 Å². The van der Waals surface area contributed by atoms with Gasteiger partial charge in [0.1, 0.15) is 0 Å². The van der Waals surface area contributed by atoms with Crippen molar-refractivity contribution in [2.24, 2.45) is 0 Å². The highest BCUT2D eigenvalue weighted by Gasteiger charge is 2.47. The summed E-state index contributed by atoms with van der Waals surface area (Å²) >= 11 is 0.418. The topological polar surface area (TPSA) is 20.2 Å². The lowest BCUT2D eigenvalue weighted by molar-refractivity contribution is -0.0310. The molecular formula is C8H6F2OS. The molecule has 1 aliphatic rings. The van der Waals surface area contributed by atoms with Crippen molar-refractivity contribution in [1.82, 2.24) is 0 Å². The van der Waals surface area contributed by atoms with Gasteiger partial charge in [-0.3, -0.25) is 0 Å². The van der Waals surface area contributed by atoms with Crippen LogP contribution in [0.15, 0.2) is 29.2 Å². The maximum atomic E-state index is 12.8. The summed E-state index contributed by atoms with van der Waals surface area (Å²) in [7, 11) is 0. The van der Waals surface area contributed by atoms with Gasteiger partial charge < -0.3 is 5.11 Å². The van der Waals surface area contributed by atoms with E-state index in [0.29, 0.717) is 22.2 Å². The van der Waals surface area contributed by atoms with Crippen LogP contribution in [0.4, 0.5) is 8.78 Å². The lowest BCUT2D eigenvalue weighted by Crippen LogP contribution is -2.15. The molecule has 2 rings (SSSR count). The summed E-state index contributed by atoms with van der Waals surface area (Å²) in [4.78, 5) is 0.468. The van der Waals surface area contributed by atoms with Crippen molar-refractivity contribution >= 4 is 11.8 Å². The summed E-state index contributed by atoms with van der Waals surface area (Å²) < 4.78 is 25.7. The molecule has 4 heteroatoms. The van der Waals surface area contributed by atoms with Crippen LogP contribution in [0, 0.1) is 0 Å². The standard InChI is InChI=1S/C8H6F2OS/c9-8(10)7(11)5-3-1-2-4-6(5)12-8/h1-4,7,11H. The zero-order valence-corrected chi connectivity index (χ0v) is 6.81. The van der Waals surface area contributed by atoms with Crippen LogP contribution in [-0.4, -0.2) is 10.4 Å². The number of benzene rings is 1.